The molecule has 2 aromatic carbocycles. The number of nitrogens with one attached hydrogen (secondary N) is 2. The maximum absolute atomic E-state index is 13.3. The van der Waals surface area contributed by atoms with Crippen LogP contribution in [0.1, 0.15) is 30.9 Å². The van der Waals surface area contributed by atoms with E-state index in [1.54, 1.807) is 13.2 Å². The fourth-order valence-electron chi connectivity index (χ4n) is 5.39. The lowest BCUT2D eigenvalue weighted by Gasteiger charge is -2.37. The van der Waals surface area contributed by atoms with Gasteiger partial charge in [0.1, 0.15) is 5.75 Å². The lowest BCUT2D eigenvalue weighted by molar-refractivity contribution is -0.145. The van der Waals surface area contributed by atoms with Crippen molar-refractivity contribution in [1.29, 1.82) is 0 Å². The summed E-state index contributed by atoms with van der Waals surface area (Å²) in [5.74, 6) is 0.432. The number of carbonyl (C=O) groups excluding carboxylic acids is 3. The van der Waals surface area contributed by atoms with E-state index < -0.39 is 0 Å². The maximum atomic E-state index is 13.3. The highest BCUT2D eigenvalue weighted by molar-refractivity contribution is 6.01. The van der Waals surface area contributed by atoms with Gasteiger partial charge in [-0.3, -0.25) is 19.4 Å². The molecule has 0 spiro atoms. The third-order valence-corrected chi connectivity index (χ3v) is 7.55. The normalized spacial score (nSPS) is 17.9. The van der Waals surface area contributed by atoms with Crippen molar-refractivity contribution in [2.24, 2.45) is 0 Å². The van der Waals surface area contributed by atoms with E-state index in [2.05, 4.69) is 20.4 Å². The van der Waals surface area contributed by atoms with E-state index >= 15 is 0 Å². The minimum Gasteiger partial charge on any atom is -0.495 e. The molecule has 0 saturated carbocycles. The molecule has 4 rings (SSSR count). The van der Waals surface area contributed by atoms with Crippen molar-refractivity contribution < 1.29 is 23.9 Å². The Morgan fingerprint density at radius 3 is 2.40 bits per heavy atom. The summed E-state index contributed by atoms with van der Waals surface area (Å²) in [4.78, 5) is 44.2. The number of ether oxygens (including phenoxy) is 2. The van der Waals surface area contributed by atoms with Crippen LogP contribution in [0.2, 0.25) is 0 Å². The highest BCUT2D eigenvalue weighted by atomic mass is 16.5. The number of urea groups is 1. The Bertz CT molecular complexity index is 1180. The molecule has 2 aliphatic rings. The Morgan fingerprint density at radius 2 is 1.68 bits per heavy atom. The fraction of sp³-hybridized carbons (Fsp3) is 0.500. The molecule has 2 N–H and O–H groups in total. The molecule has 2 aromatic rings. The first kappa shape index (κ1) is 29.4. The summed E-state index contributed by atoms with van der Waals surface area (Å²) in [6.07, 6.45) is 2.27. The van der Waals surface area contributed by atoms with Gasteiger partial charge in [-0.15, -0.1) is 0 Å². The van der Waals surface area contributed by atoms with Gasteiger partial charge in [0.2, 0.25) is 5.91 Å². The smallest absolute Gasteiger partial charge is 0.323 e. The van der Waals surface area contributed by atoms with Crippen molar-refractivity contribution >= 4 is 29.3 Å². The largest absolute Gasteiger partial charge is 0.495 e. The molecule has 216 valence electrons. The molecule has 0 aromatic heterocycles. The summed E-state index contributed by atoms with van der Waals surface area (Å²) in [5.41, 5.74) is 3.07. The molecule has 1 unspecified atom stereocenters. The summed E-state index contributed by atoms with van der Waals surface area (Å²) >= 11 is 0. The second-order valence-electron chi connectivity index (χ2n) is 10.4. The van der Waals surface area contributed by atoms with Crippen LogP contribution in [0.15, 0.2) is 42.5 Å². The first-order chi connectivity index (χ1) is 19.4. The summed E-state index contributed by atoms with van der Waals surface area (Å²) in [6.45, 7) is 9.51. The number of para-hydroxylation sites is 1. The minimum absolute atomic E-state index is 0.100. The molecule has 10 heteroatoms. The lowest BCUT2D eigenvalue weighted by Crippen LogP contribution is -2.52. The zero-order valence-corrected chi connectivity index (χ0v) is 23.8. The van der Waals surface area contributed by atoms with Crippen molar-refractivity contribution in [3.8, 4) is 5.75 Å². The summed E-state index contributed by atoms with van der Waals surface area (Å²) in [6, 6.07) is 12.8. The zero-order chi connectivity index (χ0) is 28.5. The highest BCUT2D eigenvalue weighted by Crippen LogP contribution is 2.27. The third-order valence-electron chi connectivity index (χ3n) is 7.55. The van der Waals surface area contributed by atoms with Crippen LogP contribution in [0.5, 0.6) is 5.75 Å². The van der Waals surface area contributed by atoms with Crippen LogP contribution < -0.4 is 15.4 Å². The molecule has 0 bridgehead atoms. The van der Waals surface area contributed by atoms with Crippen molar-refractivity contribution in [3.63, 3.8) is 0 Å². The molecule has 10 nitrogen and oxygen atoms in total. The molecule has 2 heterocycles. The molecule has 1 atom stereocenters. The number of methoxy groups -OCH3 is 1. The van der Waals surface area contributed by atoms with Crippen LogP contribution in [0, 0.1) is 6.92 Å². The number of hydrogen-bond acceptors (Lipinski definition) is 7. The number of carbonyl (C=O) groups is 3. The summed E-state index contributed by atoms with van der Waals surface area (Å²) in [5, 5.41) is 5.69. The van der Waals surface area contributed by atoms with Gasteiger partial charge in [0, 0.05) is 51.0 Å². The van der Waals surface area contributed by atoms with E-state index in [4.69, 9.17) is 9.47 Å². The van der Waals surface area contributed by atoms with Gasteiger partial charge >= 0.3 is 12.0 Å². The summed E-state index contributed by atoms with van der Waals surface area (Å²) in [7, 11) is 1.55. The predicted molar refractivity (Wildman–Crippen MR) is 155 cm³/mol. The van der Waals surface area contributed by atoms with Crippen LogP contribution in [0.4, 0.5) is 16.2 Å². The fourth-order valence-corrected chi connectivity index (χ4v) is 5.39. The number of benzene rings is 2. The predicted octanol–water partition coefficient (Wildman–Crippen LogP) is 3.36. The van der Waals surface area contributed by atoms with Gasteiger partial charge in [-0.25, -0.2) is 4.79 Å². The van der Waals surface area contributed by atoms with Crippen LogP contribution in [-0.2, 0) is 20.7 Å². The quantitative estimate of drug-likeness (QED) is 0.437. The van der Waals surface area contributed by atoms with E-state index in [1.807, 2.05) is 55.1 Å². The Labute approximate surface area is 236 Å². The van der Waals surface area contributed by atoms with Crippen LogP contribution >= 0.6 is 0 Å². The van der Waals surface area contributed by atoms with Crippen LogP contribution in [-0.4, -0.2) is 98.2 Å². The van der Waals surface area contributed by atoms with E-state index in [1.165, 1.54) is 0 Å². The molecule has 2 aliphatic heterocycles. The van der Waals surface area contributed by atoms with Crippen molar-refractivity contribution in [2.45, 2.75) is 39.2 Å². The molecule has 40 heavy (non-hydrogen) atoms. The van der Waals surface area contributed by atoms with E-state index in [0.29, 0.717) is 24.6 Å². The van der Waals surface area contributed by atoms with Crippen molar-refractivity contribution in [2.75, 3.05) is 70.2 Å². The monoisotopic (exact) mass is 551 g/mol. The van der Waals surface area contributed by atoms with Crippen molar-refractivity contribution in [3.05, 3.63) is 53.6 Å². The number of nitrogens with zero attached hydrogens (tertiary/aromatic N) is 3. The first-order valence-electron chi connectivity index (χ1n) is 14.1. The number of amides is 3. The second kappa shape index (κ2) is 14.1. The number of rotatable bonds is 10. The highest BCUT2D eigenvalue weighted by Gasteiger charge is 2.31. The Morgan fingerprint density at radius 1 is 0.950 bits per heavy atom. The molecule has 2 saturated heterocycles. The summed E-state index contributed by atoms with van der Waals surface area (Å²) < 4.78 is 10.6. The Hall–Kier alpha value is -3.63. The molecular weight excluding hydrogens is 510 g/mol. The van der Waals surface area contributed by atoms with Gasteiger partial charge in [-0.1, -0.05) is 24.3 Å². The standard InChI is InChI=1S/C30H41N5O5/c1-4-40-29(37)21-34-16-14-33(15-17-34)20-24-9-7-13-35(24)28(36)19-23-11-12-26(27(18-23)39-3)32-30(38)31-25-10-6-5-8-22(25)2/h5-6,8,10-12,18,24H,4,7,9,13-17,19-21H2,1-3H3,(H2,31,32,38). The molecular formula is C30H41N5O5. The zero-order valence-electron chi connectivity index (χ0n) is 23.8. The van der Waals surface area contributed by atoms with Gasteiger partial charge in [0.15, 0.2) is 0 Å². The minimum atomic E-state index is -0.363. The number of hydrogen-bond donors (Lipinski definition) is 2. The Kier molecular flexibility index (Phi) is 10.4. The SMILES string of the molecule is CCOC(=O)CN1CCN(CC2CCCN2C(=O)Cc2ccc(NC(=O)Nc3ccccc3C)c(OC)c2)CC1. The first-order valence-corrected chi connectivity index (χ1v) is 14.1. The number of likely N-dealkylation sites (tertiary alicyclic amines) is 1. The number of piperazine rings is 1. The average molecular weight is 552 g/mol. The maximum Gasteiger partial charge on any atom is 0.323 e. The number of anilines is 2. The van der Waals surface area contributed by atoms with Gasteiger partial charge in [0.25, 0.3) is 0 Å². The van der Waals surface area contributed by atoms with Gasteiger partial charge < -0.3 is 25.0 Å². The molecule has 0 radical (unpaired) electrons. The van der Waals surface area contributed by atoms with Crippen molar-refractivity contribution in [1.82, 2.24) is 14.7 Å². The topological polar surface area (TPSA) is 103 Å². The molecule has 3 amide bonds. The second-order valence-corrected chi connectivity index (χ2v) is 10.4. The van der Waals surface area contributed by atoms with Crippen LogP contribution in [0.3, 0.4) is 0 Å². The Balaban J connectivity index is 1.29. The number of aryl methyl sites for hydroxylation is 1. The average Bonchev–Trinajstić information content (AvgIpc) is 3.40. The lowest BCUT2D eigenvalue weighted by atomic mass is 10.1. The van der Waals surface area contributed by atoms with E-state index in [0.717, 1.165) is 68.9 Å². The van der Waals surface area contributed by atoms with E-state index in [9.17, 15) is 14.4 Å². The third kappa shape index (κ3) is 7.95. The molecule has 2 fully saturated rings. The van der Waals surface area contributed by atoms with Crippen LogP contribution in [0.25, 0.3) is 0 Å². The van der Waals surface area contributed by atoms with E-state index in [-0.39, 0.29) is 30.4 Å². The number of esters is 1. The van der Waals surface area contributed by atoms with Gasteiger partial charge in [0.05, 0.1) is 32.4 Å². The molecule has 0 aliphatic carbocycles. The van der Waals surface area contributed by atoms with Gasteiger partial charge in [-0.2, -0.15) is 0 Å². The van der Waals surface area contributed by atoms with Gasteiger partial charge in [-0.05, 0) is 56.0 Å².